The lowest BCUT2D eigenvalue weighted by molar-refractivity contribution is -0.129. The number of β-amino-alcohol motifs (C(OH)–C–C–N with tert-alkyl or cyclic N) is 1. The highest BCUT2D eigenvalue weighted by Crippen LogP contribution is 2.29. The minimum Gasteiger partial charge on any atom is -0.386 e. The van der Waals surface area contributed by atoms with Gasteiger partial charge in [-0.25, -0.2) is 13.6 Å². The van der Waals surface area contributed by atoms with Gasteiger partial charge in [0.05, 0.1) is 6.54 Å². The van der Waals surface area contributed by atoms with Crippen molar-refractivity contribution in [1.82, 2.24) is 9.80 Å². The maximum Gasteiger partial charge on any atom is 0.327 e. The van der Waals surface area contributed by atoms with Gasteiger partial charge in [0, 0.05) is 12.1 Å². The van der Waals surface area contributed by atoms with Crippen molar-refractivity contribution in [2.24, 2.45) is 0 Å². The van der Waals surface area contributed by atoms with E-state index in [4.69, 9.17) is 0 Å². The second-order valence-electron chi connectivity index (χ2n) is 5.26. The predicted octanol–water partition coefficient (Wildman–Crippen LogP) is 1.42. The molecule has 112 valence electrons. The minimum absolute atomic E-state index is 0.261. The molecule has 1 aromatic carbocycles. The van der Waals surface area contributed by atoms with E-state index in [1.54, 1.807) is 0 Å². The van der Waals surface area contributed by atoms with Gasteiger partial charge in [0.1, 0.15) is 23.8 Å². The number of carbonyl (C=O) groups is 2. The van der Waals surface area contributed by atoms with Crippen LogP contribution in [0.1, 0.15) is 24.5 Å². The number of urea groups is 1. The molecule has 2 fully saturated rings. The number of halogens is 2. The number of amides is 3. The number of aliphatic hydroxyl groups is 1. The highest BCUT2D eigenvalue weighted by molar-refractivity contribution is 6.04. The fraction of sp³-hybridized carbons (Fsp3) is 0.429. The minimum atomic E-state index is -1.45. The van der Waals surface area contributed by atoms with Crippen LogP contribution >= 0.6 is 0 Å². The van der Waals surface area contributed by atoms with Crippen molar-refractivity contribution in [2.75, 3.05) is 13.1 Å². The monoisotopic (exact) mass is 296 g/mol. The van der Waals surface area contributed by atoms with Gasteiger partial charge in [-0.05, 0) is 31.0 Å². The fourth-order valence-corrected chi connectivity index (χ4v) is 2.89. The lowest BCUT2D eigenvalue weighted by Crippen LogP contribution is -2.36. The van der Waals surface area contributed by atoms with Crippen LogP contribution in [0.15, 0.2) is 18.2 Å². The average Bonchev–Trinajstić information content (AvgIpc) is 3.01. The van der Waals surface area contributed by atoms with Gasteiger partial charge in [0.2, 0.25) is 0 Å². The van der Waals surface area contributed by atoms with E-state index in [1.165, 1.54) is 4.90 Å². The molecule has 0 spiro atoms. The number of benzene rings is 1. The van der Waals surface area contributed by atoms with E-state index >= 15 is 0 Å². The van der Waals surface area contributed by atoms with Crippen molar-refractivity contribution in [2.45, 2.75) is 25.0 Å². The third-order valence-corrected chi connectivity index (χ3v) is 3.95. The summed E-state index contributed by atoms with van der Waals surface area (Å²) >= 11 is 0. The van der Waals surface area contributed by atoms with Crippen LogP contribution in [0.3, 0.4) is 0 Å². The molecule has 0 unspecified atom stereocenters. The first-order valence-corrected chi connectivity index (χ1v) is 6.74. The van der Waals surface area contributed by atoms with Crippen molar-refractivity contribution in [3.05, 3.63) is 35.4 Å². The average molecular weight is 296 g/mol. The molecule has 3 rings (SSSR count). The maximum absolute atomic E-state index is 13.6. The summed E-state index contributed by atoms with van der Waals surface area (Å²) < 4.78 is 26.7. The summed E-state index contributed by atoms with van der Waals surface area (Å²) in [5.41, 5.74) is -0.261. The molecule has 2 aliphatic rings. The highest BCUT2D eigenvalue weighted by Gasteiger charge is 2.47. The predicted molar refractivity (Wildman–Crippen MR) is 68.2 cm³/mol. The molecule has 5 nitrogen and oxygen atoms in total. The second-order valence-corrected chi connectivity index (χ2v) is 5.26. The lowest BCUT2D eigenvalue weighted by atomic mass is 10.1. The summed E-state index contributed by atoms with van der Waals surface area (Å²) in [5, 5.41) is 10.0. The first-order chi connectivity index (χ1) is 9.99. The van der Waals surface area contributed by atoms with Gasteiger partial charge in [-0.1, -0.05) is 0 Å². The topological polar surface area (TPSA) is 60.9 Å². The molecule has 0 saturated carbocycles. The third-order valence-electron chi connectivity index (χ3n) is 3.95. The standard InChI is InChI=1S/C14H14F2N2O3/c15-8-3-4-10(16)9(6-8)12(19)7-18-13(20)11-2-1-5-17(11)14(18)21/h3-4,6,11-12,19H,1-2,5,7H2/t11-,12+/m1/s1. The number of imide groups is 1. The zero-order valence-corrected chi connectivity index (χ0v) is 11.1. The van der Waals surface area contributed by atoms with Crippen LogP contribution in [0.4, 0.5) is 13.6 Å². The zero-order chi connectivity index (χ0) is 15.1. The maximum atomic E-state index is 13.6. The molecule has 1 aromatic rings. The Labute approximate surface area is 119 Å². The Morgan fingerprint density at radius 2 is 2.10 bits per heavy atom. The van der Waals surface area contributed by atoms with Gasteiger partial charge >= 0.3 is 6.03 Å². The quantitative estimate of drug-likeness (QED) is 0.858. The number of carbonyl (C=O) groups excluding carboxylic acids is 2. The van der Waals surface area contributed by atoms with E-state index in [1.807, 2.05) is 0 Å². The molecule has 7 heteroatoms. The van der Waals surface area contributed by atoms with Crippen LogP contribution in [0.5, 0.6) is 0 Å². The third kappa shape index (κ3) is 2.27. The van der Waals surface area contributed by atoms with Gasteiger partial charge in [-0.15, -0.1) is 0 Å². The van der Waals surface area contributed by atoms with Crippen molar-refractivity contribution in [3.8, 4) is 0 Å². The molecule has 2 saturated heterocycles. The van der Waals surface area contributed by atoms with E-state index in [0.29, 0.717) is 13.0 Å². The Bertz CT molecular complexity index is 586. The first-order valence-electron chi connectivity index (χ1n) is 6.74. The van der Waals surface area contributed by atoms with Crippen molar-refractivity contribution in [1.29, 1.82) is 0 Å². The van der Waals surface area contributed by atoms with Crippen LogP contribution in [0.25, 0.3) is 0 Å². The van der Waals surface area contributed by atoms with Crippen LogP contribution in [0, 0.1) is 11.6 Å². The van der Waals surface area contributed by atoms with Crippen LogP contribution in [-0.2, 0) is 4.79 Å². The smallest absolute Gasteiger partial charge is 0.327 e. The number of rotatable bonds is 3. The number of hydrogen-bond acceptors (Lipinski definition) is 3. The first kappa shape index (κ1) is 13.9. The molecule has 0 aliphatic carbocycles. The molecule has 0 bridgehead atoms. The van der Waals surface area contributed by atoms with Gasteiger partial charge in [0.25, 0.3) is 5.91 Å². The molecule has 1 N–H and O–H groups in total. The van der Waals surface area contributed by atoms with Crippen LogP contribution in [0.2, 0.25) is 0 Å². The van der Waals surface area contributed by atoms with Gasteiger partial charge in [-0.2, -0.15) is 0 Å². The number of nitrogens with zero attached hydrogens (tertiary/aromatic N) is 2. The van der Waals surface area contributed by atoms with E-state index in [2.05, 4.69) is 0 Å². The SMILES string of the molecule is O=C1[C@H]2CCCN2C(=O)N1C[C@H](O)c1cc(F)ccc1F. The van der Waals surface area contributed by atoms with Crippen molar-refractivity contribution < 1.29 is 23.5 Å². The van der Waals surface area contributed by atoms with Gasteiger partial charge in [0.15, 0.2) is 0 Å². The summed E-state index contributed by atoms with van der Waals surface area (Å²) in [6, 6.07) is 1.76. The molecule has 3 amide bonds. The Kier molecular flexibility index (Phi) is 3.36. The molecule has 0 aromatic heterocycles. The molecular weight excluding hydrogens is 282 g/mol. The number of fused-ring (bicyclic) bond motifs is 1. The number of aliphatic hydroxyl groups excluding tert-OH is 1. The largest absolute Gasteiger partial charge is 0.386 e. The lowest BCUT2D eigenvalue weighted by Gasteiger charge is -2.19. The molecule has 21 heavy (non-hydrogen) atoms. The molecule has 2 heterocycles. The second kappa shape index (κ2) is 5.07. The Hall–Kier alpha value is -2.02. The van der Waals surface area contributed by atoms with E-state index in [-0.39, 0.29) is 18.0 Å². The van der Waals surface area contributed by atoms with Crippen molar-refractivity contribution >= 4 is 11.9 Å². The van der Waals surface area contributed by atoms with Gasteiger partial charge < -0.3 is 10.0 Å². The summed E-state index contributed by atoms with van der Waals surface area (Å²) in [5.74, 6) is -1.85. The Morgan fingerprint density at radius 3 is 2.81 bits per heavy atom. The normalized spacial score (nSPS) is 22.9. The number of hydrogen-bond donors (Lipinski definition) is 1. The summed E-state index contributed by atoms with van der Waals surface area (Å²) in [6.45, 7) is 0.140. The Balaban J connectivity index is 1.79. The summed E-state index contributed by atoms with van der Waals surface area (Å²) in [7, 11) is 0. The van der Waals surface area contributed by atoms with Crippen LogP contribution < -0.4 is 0 Å². The van der Waals surface area contributed by atoms with Crippen molar-refractivity contribution in [3.63, 3.8) is 0 Å². The fourth-order valence-electron chi connectivity index (χ4n) is 2.89. The molecule has 0 radical (unpaired) electrons. The van der Waals surface area contributed by atoms with Crippen LogP contribution in [-0.4, -0.2) is 46.0 Å². The van der Waals surface area contributed by atoms with E-state index < -0.39 is 29.8 Å². The molecule has 2 atom stereocenters. The van der Waals surface area contributed by atoms with E-state index in [0.717, 1.165) is 29.5 Å². The van der Waals surface area contributed by atoms with Gasteiger partial charge in [-0.3, -0.25) is 9.69 Å². The highest BCUT2D eigenvalue weighted by atomic mass is 19.1. The molecule has 2 aliphatic heterocycles. The summed E-state index contributed by atoms with van der Waals surface area (Å²) in [4.78, 5) is 26.5. The Morgan fingerprint density at radius 1 is 1.33 bits per heavy atom. The molecular formula is C14H14F2N2O3. The summed E-state index contributed by atoms with van der Waals surface area (Å²) in [6.07, 6.45) is -0.0728. The van der Waals surface area contributed by atoms with E-state index in [9.17, 15) is 23.5 Å². The zero-order valence-electron chi connectivity index (χ0n) is 11.1.